The highest BCUT2D eigenvalue weighted by atomic mass is 79.9. The van der Waals surface area contributed by atoms with Crippen molar-refractivity contribution in [2.45, 2.75) is 12.6 Å². The summed E-state index contributed by atoms with van der Waals surface area (Å²) in [6, 6.07) is 4.95. The van der Waals surface area contributed by atoms with Crippen LogP contribution < -0.4 is 16.0 Å². The Balaban J connectivity index is 1.66. The van der Waals surface area contributed by atoms with Crippen LogP contribution in [-0.2, 0) is 4.79 Å². The van der Waals surface area contributed by atoms with Crippen LogP contribution in [0.2, 0.25) is 0 Å². The molecule has 5 rings (SSSR count). The van der Waals surface area contributed by atoms with Crippen LogP contribution in [0, 0.1) is 0 Å². The zero-order valence-corrected chi connectivity index (χ0v) is 17.5. The number of hydrogen-bond acceptors (Lipinski definition) is 7. The molecule has 1 amide bonds. The molecule has 0 saturated carbocycles. The summed E-state index contributed by atoms with van der Waals surface area (Å²) in [4.78, 5) is 21.6. The number of fused-ring (bicyclic) bond motifs is 3. The zero-order valence-electron chi connectivity index (χ0n) is 15.9. The summed E-state index contributed by atoms with van der Waals surface area (Å²) in [6.07, 6.45) is 2.46. The number of aromatic nitrogens is 6. The molecule has 31 heavy (non-hydrogen) atoms. The van der Waals surface area contributed by atoms with Crippen LogP contribution in [0.4, 0.5) is 14.7 Å². The number of carbonyl (C=O) groups is 1. The van der Waals surface area contributed by atoms with E-state index in [9.17, 15) is 13.6 Å². The number of benzene rings is 1. The van der Waals surface area contributed by atoms with Crippen LogP contribution in [0.3, 0.4) is 0 Å². The molecule has 3 aromatic heterocycles. The van der Waals surface area contributed by atoms with Crippen LogP contribution in [0.1, 0.15) is 6.55 Å². The van der Waals surface area contributed by atoms with Crippen LogP contribution in [0.5, 0.6) is 0 Å². The third-order valence-corrected chi connectivity index (χ3v) is 5.52. The predicted molar refractivity (Wildman–Crippen MR) is 112 cm³/mol. The van der Waals surface area contributed by atoms with Gasteiger partial charge in [-0.25, -0.2) is 14.6 Å². The largest absolute Gasteiger partial charge is 0.353 e. The minimum Gasteiger partial charge on any atom is -0.353 e. The smallest absolute Gasteiger partial charge is 0.333 e. The monoisotopic (exact) mass is 491 g/mol. The third kappa shape index (κ3) is 3.59. The molecule has 0 unspecified atom stereocenters. The molecular formula is C18H16BrF2N9O. The number of hydrogen-bond donors (Lipinski definition) is 3. The lowest BCUT2D eigenvalue weighted by Crippen LogP contribution is -2.42. The maximum Gasteiger partial charge on any atom is 0.333 e. The lowest BCUT2D eigenvalue weighted by molar-refractivity contribution is -0.121. The van der Waals surface area contributed by atoms with E-state index in [1.165, 1.54) is 16.9 Å². The molecule has 1 atom stereocenters. The Kier molecular flexibility index (Phi) is 4.98. The number of nitrogens with zero attached hydrogens (tertiary/aromatic N) is 6. The van der Waals surface area contributed by atoms with E-state index < -0.39 is 12.6 Å². The Morgan fingerprint density at radius 2 is 2.13 bits per heavy atom. The second-order valence-corrected chi connectivity index (χ2v) is 7.78. The molecule has 160 valence electrons. The summed E-state index contributed by atoms with van der Waals surface area (Å²) >= 11 is 3.50. The molecule has 3 N–H and O–H groups in total. The summed E-state index contributed by atoms with van der Waals surface area (Å²) in [5, 5.41) is 18.0. The fraction of sp³-hybridized carbons (Fsp3) is 0.278. The number of anilines is 1. The van der Waals surface area contributed by atoms with Crippen molar-refractivity contribution in [2.24, 2.45) is 0 Å². The number of rotatable bonds is 4. The summed E-state index contributed by atoms with van der Waals surface area (Å²) in [5.41, 5.74) is 1.43. The van der Waals surface area contributed by atoms with Gasteiger partial charge in [-0.15, -0.1) is 5.10 Å². The molecule has 0 bridgehead atoms. The maximum atomic E-state index is 12.9. The summed E-state index contributed by atoms with van der Waals surface area (Å²) in [6.45, 7) is -1.16. The van der Waals surface area contributed by atoms with Gasteiger partial charge in [0.25, 0.3) is 0 Å². The van der Waals surface area contributed by atoms with E-state index in [0.29, 0.717) is 52.4 Å². The van der Waals surface area contributed by atoms with Gasteiger partial charge in [-0.05, 0) is 28.1 Å². The van der Waals surface area contributed by atoms with Gasteiger partial charge in [0.2, 0.25) is 11.9 Å². The van der Waals surface area contributed by atoms with Gasteiger partial charge in [0, 0.05) is 35.7 Å². The van der Waals surface area contributed by atoms with Crippen molar-refractivity contribution in [1.29, 1.82) is 0 Å². The Morgan fingerprint density at radius 1 is 1.26 bits per heavy atom. The molecule has 1 saturated heterocycles. The van der Waals surface area contributed by atoms with Gasteiger partial charge < -0.3 is 16.0 Å². The van der Waals surface area contributed by atoms with Crippen molar-refractivity contribution >= 4 is 44.3 Å². The predicted octanol–water partition coefficient (Wildman–Crippen LogP) is 1.80. The minimum atomic E-state index is -2.76. The molecule has 1 aliphatic rings. The quantitative estimate of drug-likeness (QED) is 0.398. The number of nitrogens with one attached hydrogen (secondary N) is 3. The molecule has 1 fully saturated rings. The Labute approximate surface area is 182 Å². The topological polar surface area (TPSA) is 114 Å². The summed E-state index contributed by atoms with van der Waals surface area (Å²) in [7, 11) is 0. The first-order valence-electron chi connectivity index (χ1n) is 9.44. The van der Waals surface area contributed by atoms with Crippen molar-refractivity contribution < 1.29 is 13.6 Å². The first kappa shape index (κ1) is 19.8. The van der Waals surface area contributed by atoms with Crippen molar-refractivity contribution in [3.8, 4) is 11.4 Å². The summed E-state index contributed by atoms with van der Waals surface area (Å²) < 4.78 is 28.6. The van der Waals surface area contributed by atoms with Crippen LogP contribution in [0.25, 0.3) is 27.9 Å². The van der Waals surface area contributed by atoms with Gasteiger partial charge in [-0.1, -0.05) is 6.07 Å². The number of alkyl halides is 2. The molecular weight excluding hydrogens is 476 g/mol. The van der Waals surface area contributed by atoms with Gasteiger partial charge >= 0.3 is 6.55 Å². The normalized spacial score (nSPS) is 17.3. The maximum absolute atomic E-state index is 12.9. The first-order valence-corrected chi connectivity index (χ1v) is 10.2. The molecule has 1 aromatic carbocycles. The molecule has 4 aromatic rings. The average molecular weight is 492 g/mol. The minimum absolute atomic E-state index is 0.161. The van der Waals surface area contributed by atoms with Gasteiger partial charge in [0.15, 0.2) is 11.5 Å². The standard InChI is InChI=1S/C18H16BrF2N9O/c19-11-3-1-2-10-13(11)26-18(25-12-7-22-4-5-23-16(12)31)30-15(10)27-14(28-30)9-6-24-29(8-9)17(20)21/h1-3,6,8,12,17,22H,4-5,7H2,(H,23,31)(H,25,26)/t12-/m1/s1. The second kappa shape index (κ2) is 7.81. The number of para-hydroxylation sites is 1. The van der Waals surface area contributed by atoms with Crippen molar-refractivity contribution in [2.75, 3.05) is 25.0 Å². The van der Waals surface area contributed by atoms with E-state index in [0.717, 1.165) is 4.47 Å². The first-order chi connectivity index (χ1) is 15.0. The molecule has 0 aliphatic carbocycles. The lowest BCUT2D eigenvalue weighted by Gasteiger charge is -2.17. The van der Waals surface area contributed by atoms with E-state index in [1.807, 2.05) is 18.2 Å². The van der Waals surface area contributed by atoms with E-state index in [2.05, 4.69) is 52.0 Å². The highest BCUT2D eigenvalue weighted by molar-refractivity contribution is 9.10. The highest BCUT2D eigenvalue weighted by Crippen LogP contribution is 2.29. The van der Waals surface area contributed by atoms with E-state index in [4.69, 9.17) is 0 Å². The average Bonchev–Trinajstić information content (AvgIpc) is 3.36. The molecule has 1 aliphatic heterocycles. The third-order valence-electron chi connectivity index (χ3n) is 4.88. The van der Waals surface area contributed by atoms with Gasteiger partial charge in [0.1, 0.15) is 6.04 Å². The highest BCUT2D eigenvalue weighted by Gasteiger charge is 2.24. The number of amides is 1. The zero-order chi connectivity index (χ0) is 21.5. The van der Waals surface area contributed by atoms with E-state index >= 15 is 0 Å². The number of carbonyl (C=O) groups excluding carboxylic acids is 1. The Morgan fingerprint density at radius 3 is 2.94 bits per heavy atom. The molecule has 4 heterocycles. The number of halogens is 3. The molecule has 10 nitrogen and oxygen atoms in total. The van der Waals surface area contributed by atoms with Crippen LogP contribution >= 0.6 is 15.9 Å². The van der Waals surface area contributed by atoms with Crippen molar-refractivity contribution in [3.63, 3.8) is 0 Å². The van der Waals surface area contributed by atoms with Crippen molar-refractivity contribution in [3.05, 3.63) is 35.1 Å². The van der Waals surface area contributed by atoms with Gasteiger partial charge in [-0.3, -0.25) is 4.79 Å². The SMILES string of the molecule is O=C1NCCNC[C@H]1Nc1nc2c(Br)cccc2c2nc(-c3cnn(C(F)F)c3)nn12. The fourth-order valence-corrected chi connectivity index (χ4v) is 3.84. The van der Waals surface area contributed by atoms with E-state index in [1.54, 1.807) is 0 Å². The van der Waals surface area contributed by atoms with Crippen LogP contribution in [-0.4, -0.2) is 60.9 Å². The van der Waals surface area contributed by atoms with E-state index in [-0.39, 0.29) is 11.7 Å². The lowest BCUT2D eigenvalue weighted by atomic mass is 10.2. The fourth-order valence-electron chi connectivity index (χ4n) is 3.38. The van der Waals surface area contributed by atoms with Gasteiger partial charge in [-0.2, -0.15) is 18.4 Å². The molecule has 0 spiro atoms. The van der Waals surface area contributed by atoms with Crippen LogP contribution in [0.15, 0.2) is 35.1 Å². The Bertz CT molecular complexity index is 1290. The van der Waals surface area contributed by atoms with Gasteiger partial charge in [0.05, 0.1) is 17.3 Å². The molecule has 0 radical (unpaired) electrons. The molecule has 13 heteroatoms. The second-order valence-electron chi connectivity index (χ2n) is 6.92. The van der Waals surface area contributed by atoms with Crippen molar-refractivity contribution in [1.82, 2.24) is 40.0 Å². The Hall–Kier alpha value is -3.19. The summed E-state index contributed by atoms with van der Waals surface area (Å²) in [5.74, 6) is 0.358.